The normalized spacial score (nSPS) is 17.1. The Labute approximate surface area is 43.0 Å². The molecule has 0 aliphatic carbocycles. The molecule has 1 heteroatoms. The van der Waals surface area contributed by atoms with Gasteiger partial charge in [-0.1, -0.05) is 0 Å². The van der Waals surface area contributed by atoms with Gasteiger partial charge in [0.25, 0.3) is 0 Å². The Morgan fingerprint density at radius 2 is 2.14 bits per heavy atom. The Kier molecular flexibility index (Phi) is 1.47. The van der Waals surface area contributed by atoms with Gasteiger partial charge in [0.1, 0.15) is 0 Å². The van der Waals surface area contributed by atoms with E-state index in [1.54, 1.807) is 0 Å². The topological polar surface area (TPSA) is 16.6 Å². The van der Waals surface area contributed by atoms with Gasteiger partial charge in [0.05, 0.1) is 6.20 Å². The molecule has 1 nitrogen and oxygen atoms in total. The number of hydrogen-bond acceptors (Lipinski definition) is 0. The van der Waals surface area contributed by atoms with E-state index in [2.05, 4.69) is 6.20 Å². The van der Waals surface area contributed by atoms with Crippen LogP contribution in [0, 0.1) is 6.20 Å². The Bertz CT molecular complexity index is 106. The summed E-state index contributed by atoms with van der Waals surface area (Å²) in [5.41, 5.74) is 0. The molecule has 0 spiro atoms. The summed E-state index contributed by atoms with van der Waals surface area (Å²) in [4.78, 5) is 0. The first kappa shape index (κ1) is 4.34. The molecule has 0 amide bonds. The van der Waals surface area contributed by atoms with Crippen molar-refractivity contribution in [2.75, 3.05) is 0 Å². The number of rotatable bonds is 0. The van der Waals surface area contributed by atoms with Crippen molar-refractivity contribution >= 4 is 0 Å². The summed E-state index contributed by atoms with van der Waals surface area (Å²) in [6.07, 6.45) is 12.6. The summed E-state index contributed by atoms with van der Waals surface area (Å²) in [6, 6.07) is 0. The lowest BCUT2D eigenvalue weighted by Gasteiger charge is -1.79. The van der Waals surface area contributed by atoms with Gasteiger partial charge >= 0.3 is 0 Å². The molecule has 0 unspecified atom stereocenters. The minimum Gasteiger partial charge on any atom is -0.369 e. The maximum Gasteiger partial charge on any atom is 0.0804 e. The van der Waals surface area contributed by atoms with Gasteiger partial charge in [-0.25, -0.2) is 6.08 Å². The number of allylic oxidation sites excluding steroid dienone is 4. The molecule has 0 saturated heterocycles. The Morgan fingerprint density at radius 3 is 3.14 bits per heavy atom. The fraction of sp³-hybridized carbons (Fsp3) is 0. The van der Waals surface area contributed by atoms with E-state index in [4.69, 9.17) is 0 Å². The van der Waals surface area contributed by atoms with E-state index in [1.165, 1.54) is 0 Å². The summed E-state index contributed by atoms with van der Waals surface area (Å²) in [6.45, 7) is 0. The highest BCUT2D eigenvalue weighted by Gasteiger charge is 1.64. The van der Waals surface area contributed by atoms with Crippen LogP contribution in [0.3, 0.4) is 0 Å². The van der Waals surface area contributed by atoms with Crippen molar-refractivity contribution in [3.63, 3.8) is 0 Å². The van der Waals surface area contributed by atoms with Crippen molar-refractivity contribution in [1.82, 2.24) is 0 Å². The van der Waals surface area contributed by atoms with E-state index >= 15 is 0 Å². The highest BCUT2D eigenvalue weighted by molar-refractivity contribution is 5.08. The van der Waals surface area contributed by atoms with Crippen LogP contribution in [0.15, 0.2) is 30.5 Å². The van der Waals surface area contributed by atoms with E-state index in [9.17, 15) is 0 Å². The molecule has 36 valence electrons. The van der Waals surface area contributed by atoms with Gasteiger partial charge in [0.2, 0.25) is 0 Å². The number of hydrogen-bond donors (Lipinski definition) is 1. The van der Waals surface area contributed by atoms with E-state index in [-0.39, 0.29) is 0 Å². The van der Waals surface area contributed by atoms with Gasteiger partial charge in [-0.3, -0.25) is 0 Å². The fourth-order valence-corrected chi connectivity index (χ4v) is 0.406. The third-order valence-corrected chi connectivity index (χ3v) is 0.718. The van der Waals surface area contributed by atoms with E-state index < -0.39 is 0 Å². The van der Waals surface area contributed by atoms with Crippen molar-refractivity contribution in [2.24, 2.45) is 0 Å². The molecule has 0 aromatic heterocycles. The summed E-state index contributed by atoms with van der Waals surface area (Å²) >= 11 is 0. The van der Waals surface area contributed by atoms with Crippen LogP contribution < -0.4 is 5.32 Å². The zero-order valence-electron chi connectivity index (χ0n) is 3.96. The van der Waals surface area contributed by atoms with Crippen LogP contribution in [-0.4, -0.2) is 0 Å². The summed E-state index contributed by atoms with van der Waals surface area (Å²) in [7, 11) is 0. The average molecular weight is 93.1 g/mol. The monoisotopic (exact) mass is 93.1 g/mol. The second kappa shape index (κ2) is 2.37. The largest absolute Gasteiger partial charge is 0.369 e. The van der Waals surface area contributed by atoms with Crippen LogP contribution in [0.25, 0.3) is 0 Å². The minimum absolute atomic E-state index is 1.88. The smallest absolute Gasteiger partial charge is 0.0804 e. The first-order valence-corrected chi connectivity index (χ1v) is 2.24. The average Bonchev–Trinajstić information content (AvgIpc) is 1.90. The van der Waals surface area contributed by atoms with Gasteiger partial charge in [-0.2, -0.15) is 6.08 Å². The lowest BCUT2D eigenvalue weighted by Crippen LogP contribution is -2.71. The number of nitrogens with two attached hydrogens (primary N) is 1. The standard InChI is InChI=1S/C6H7N/c1-2-4-6-7-5-3-1/h1-5H,7H2. The van der Waals surface area contributed by atoms with E-state index in [1.807, 2.05) is 35.8 Å². The molecule has 0 aromatic rings. The van der Waals surface area contributed by atoms with Gasteiger partial charge in [0.15, 0.2) is 0 Å². The molecule has 1 heterocycles. The molecular formula is C6H7N. The zero-order valence-corrected chi connectivity index (χ0v) is 3.96. The molecule has 0 saturated carbocycles. The van der Waals surface area contributed by atoms with Crippen LogP contribution >= 0.6 is 0 Å². The molecule has 0 aromatic carbocycles. The molecule has 1 rings (SSSR count). The molecule has 0 bridgehead atoms. The van der Waals surface area contributed by atoms with Crippen molar-refractivity contribution in [1.29, 1.82) is 0 Å². The summed E-state index contributed by atoms with van der Waals surface area (Å²) < 4.78 is 0. The van der Waals surface area contributed by atoms with Crippen molar-refractivity contribution in [2.45, 2.75) is 0 Å². The first-order valence-electron chi connectivity index (χ1n) is 2.24. The Morgan fingerprint density at radius 1 is 1.14 bits per heavy atom. The molecule has 0 atom stereocenters. The maximum atomic E-state index is 2.92. The highest BCUT2D eigenvalue weighted by Crippen LogP contribution is 1.75. The SMILES string of the molecule is [C-]1=CC=CC=C[NH2+]1. The third kappa shape index (κ3) is 1.37. The van der Waals surface area contributed by atoms with Crippen molar-refractivity contribution in [3.8, 4) is 0 Å². The van der Waals surface area contributed by atoms with Gasteiger partial charge in [-0.05, 0) is 12.3 Å². The quantitative estimate of drug-likeness (QED) is 0.404. The van der Waals surface area contributed by atoms with Gasteiger partial charge < -0.3 is 5.32 Å². The molecule has 2 N–H and O–H groups in total. The molecule has 0 radical (unpaired) electrons. The molecule has 0 fully saturated rings. The lowest BCUT2D eigenvalue weighted by molar-refractivity contribution is -0.530. The fourth-order valence-electron chi connectivity index (χ4n) is 0.406. The summed E-state index contributed by atoms with van der Waals surface area (Å²) in [5, 5.41) is 1.88. The van der Waals surface area contributed by atoms with Crippen molar-refractivity contribution in [3.05, 3.63) is 36.7 Å². The lowest BCUT2D eigenvalue weighted by atomic mass is 10.5. The van der Waals surface area contributed by atoms with Gasteiger partial charge in [0, 0.05) is 0 Å². The van der Waals surface area contributed by atoms with Crippen LogP contribution in [-0.2, 0) is 0 Å². The van der Waals surface area contributed by atoms with E-state index in [0.29, 0.717) is 0 Å². The number of quaternary nitrogens is 1. The molecule has 1 aliphatic rings. The van der Waals surface area contributed by atoms with Crippen LogP contribution in [0.5, 0.6) is 0 Å². The summed E-state index contributed by atoms with van der Waals surface area (Å²) in [5.74, 6) is 0. The molecular weight excluding hydrogens is 86.1 g/mol. The maximum absolute atomic E-state index is 2.92. The van der Waals surface area contributed by atoms with E-state index in [0.717, 1.165) is 0 Å². The van der Waals surface area contributed by atoms with Crippen LogP contribution in [0.4, 0.5) is 0 Å². The third-order valence-electron chi connectivity index (χ3n) is 0.718. The molecule has 7 heavy (non-hydrogen) atoms. The predicted molar refractivity (Wildman–Crippen MR) is 28.0 cm³/mol. The Hall–Kier alpha value is -0.820. The first-order chi connectivity index (χ1) is 3.50. The van der Waals surface area contributed by atoms with Crippen LogP contribution in [0.1, 0.15) is 0 Å². The highest BCUT2D eigenvalue weighted by atomic mass is 14.8. The van der Waals surface area contributed by atoms with Gasteiger partial charge in [-0.15, -0.1) is 6.08 Å². The predicted octanol–water partition coefficient (Wildman–Crippen LogP) is -0.0498. The van der Waals surface area contributed by atoms with Crippen LogP contribution in [0.2, 0.25) is 0 Å². The second-order valence-corrected chi connectivity index (χ2v) is 1.27. The second-order valence-electron chi connectivity index (χ2n) is 1.27. The Balaban J connectivity index is 2.60. The van der Waals surface area contributed by atoms with Crippen molar-refractivity contribution < 1.29 is 5.32 Å². The molecule has 1 aliphatic heterocycles. The minimum atomic E-state index is 1.88. The zero-order chi connectivity index (χ0) is 4.95.